The number of hydrogen-bond donors (Lipinski definition) is 2. The van der Waals surface area contributed by atoms with Gasteiger partial charge in [0.05, 0.1) is 11.6 Å². The molecule has 1 saturated heterocycles. The number of piperidine rings is 1. The van der Waals surface area contributed by atoms with Crippen LogP contribution in [0.2, 0.25) is 0 Å². The zero-order valence-electron chi connectivity index (χ0n) is 11.2. The Hall–Kier alpha value is -0.740. The topological polar surface area (TPSA) is 33.3 Å². The Morgan fingerprint density at radius 3 is 2.83 bits per heavy atom. The molecule has 0 aliphatic carbocycles. The van der Waals surface area contributed by atoms with Crippen molar-refractivity contribution in [3.8, 4) is 5.75 Å². The molecular weight excluding hydrogens is 292 g/mol. The van der Waals surface area contributed by atoms with E-state index in [4.69, 9.17) is 4.74 Å². The summed E-state index contributed by atoms with van der Waals surface area (Å²) in [5.41, 5.74) is 1.37. The van der Waals surface area contributed by atoms with Crippen LogP contribution in [0, 0.1) is 0 Å². The zero-order valence-corrected chi connectivity index (χ0v) is 12.8. The maximum absolute atomic E-state index is 5.24. The van der Waals surface area contributed by atoms with E-state index in [1.165, 1.54) is 0 Å². The van der Waals surface area contributed by atoms with Crippen LogP contribution >= 0.6 is 15.9 Å². The summed E-state index contributed by atoms with van der Waals surface area (Å²) in [6.07, 6.45) is 2.30. The average molecular weight is 313 g/mol. The van der Waals surface area contributed by atoms with Crippen molar-refractivity contribution in [1.29, 1.82) is 0 Å². The molecule has 1 aromatic carbocycles. The molecule has 1 aromatic rings. The highest BCUT2D eigenvalue weighted by molar-refractivity contribution is 9.10. The first-order valence-corrected chi connectivity index (χ1v) is 7.14. The Morgan fingerprint density at radius 1 is 1.44 bits per heavy atom. The van der Waals surface area contributed by atoms with Crippen LogP contribution in [0.4, 0.5) is 5.69 Å². The summed E-state index contributed by atoms with van der Waals surface area (Å²) in [7, 11) is 1.68. The first-order valence-electron chi connectivity index (χ1n) is 6.35. The lowest BCUT2D eigenvalue weighted by atomic mass is 9.89. The number of rotatable bonds is 3. The standard InChI is InChI=1S/C14H21BrN2O/c1-14(2)9-11(6-7-16-14)17-10-4-5-13(18-3)12(15)8-10/h4-5,8,11,16-17H,6-7,9H2,1-3H3. The van der Waals surface area contributed by atoms with Crippen LogP contribution in [0.1, 0.15) is 26.7 Å². The quantitative estimate of drug-likeness (QED) is 0.897. The van der Waals surface area contributed by atoms with Crippen LogP contribution in [0.25, 0.3) is 0 Å². The molecule has 2 rings (SSSR count). The summed E-state index contributed by atoms with van der Waals surface area (Å²) >= 11 is 3.52. The molecule has 0 spiro atoms. The molecule has 0 amide bonds. The smallest absolute Gasteiger partial charge is 0.133 e. The third-order valence-corrected chi connectivity index (χ3v) is 4.00. The second kappa shape index (κ2) is 5.49. The van der Waals surface area contributed by atoms with Crippen molar-refractivity contribution in [2.75, 3.05) is 19.0 Å². The van der Waals surface area contributed by atoms with Crippen LogP contribution in [0.3, 0.4) is 0 Å². The van der Waals surface area contributed by atoms with Crippen molar-refractivity contribution < 1.29 is 4.74 Å². The number of nitrogens with one attached hydrogen (secondary N) is 2. The molecule has 1 atom stereocenters. The third kappa shape index (κ3) is 3.39. The number of ether oxygens (including phenoxy) is 1. The lowest BCUT2D eigenvalue weighted by molar-refractivity contribution is 0.286. The van der Waals surface area contributed by atoms with Crippen molar-refractivity contribution in [3.63, 3.8) is 0 Å². The fourth-order valence-electron chi connectivity index (χ4n) is 2.49. The summed E-state index contributed by atoms with van der Waals surface area (Å²) in [5.74, 6) is 0.867. The number of hydrogen-bond acceptors (Lipinski definition) is 3. The van der Waals surface area contributed by atoms with E-state index in [1.54, 1.807) is 7.11 Å². The Labute approximate surface area is 117 Å². The van der Waals surface area contributed by atoms with Gasteiger partial charge in [0.25, 0.3) is 0 Å². The van der Waals surface area contributed by atoms with E-state index >= 15 is 0 Å². The van der Waals surface area contributed by atoms with Gasteiger partial charge in [-0.1, -0.05) is 0 Å². The van der Waals surface area contributed by atoms with Crippen molar-refractivity contribution >= 4 is 21.6 Å². The lowest BCUT2D eigenvalue weighted by Crippen LogP contribution is -2.49. The third-order valence-electron chi connectivity index (χ3n) is 3.38. The van der Waals surface area contributed by atoms with E-state index in [-0.39, 0.29) is 5.54 Å². The molecule has 0 aromatic heterocycles. The predicted molar refractivity (Wildman–Crippen MR) is 79.4 cm³/mol. The minimum absolute atomic E-state index is 0.222. The summed E-state index contributed by atoms with van der Waals surface area (Å²) in [6.45, 7) is 5.58. The van der Waals surface area contributed by atoms with E-state index in [9.17, 15) is 0 Å². The molecule has 1 aliphatic rings. The molecule has 0 bridgehead atoms. The Kier molecular flexibility index (Phi) is 4.17. The van der Waals surface area contributed by atoms with Gasteiger partial charge < -0.3 is 15.4 Å². The Balaban J connectivity index is 2.03. The Bertz CT molecular complexity index is 420. The highest BCUT2D eigenvalue weighted by Crippen LogP contribution is 2.29. The van der Waals surface area contributed by atoms with Gasteiger partial charge in [-0.2, -0.15) is 0 Å². The molecule has 0 saturated carbocycles. The highest BCUT2D eigenvalue weighted by Gasteiger charge is 2.27. The van der Waals surface area contributed by atoms with Gasteiger partial charge in [0, 0.05) is 17.3 Å². The monoisotopic (exact) mass is 312 g/mol. The van der Waals surface area contributed by atoms with Crippen molar-refractivity contribution in [3.05, 3.63) is 22.7 Å². The van der Waals surface area contributed by atoms with Gasteiger partial charge in [-0.25, -0.2) is 0 Å². The van der Waals surface area contributed by atoms with Crippen molar-refractivity contribution in [1.82, 2.24) is 5.32 Å². The van der Waals surface area contributed by atoms with Gasteiger partial charge in [-0.05, 0) is 67.4 Å². The van der Waals surface area contributed by atoms with Gasteiger partial charge in [-0.3, -0.25) is 0 Å². The van der Waals surface area contributed by atoms with Gasteiger partial charge in [0.1, 0.15) is 5.75 Å². The maximum atomic E-state index is 5.24. The van der Waals surface area contributed by atoms with Crippen LogP contribution < -0.4 is 15.4 Å². The first kappa shape index (κ1) is 13.7. The minimum atomic E-state index is 0.222. The number of anilines is 1. The molecule has 3 nitrogen and oxygen atoms in total. The van der Waals surface area contributed by atoms with E-state index in [0.29, 0.717) is 6.04 Å². The second-order valence-electron chi connectivity index (χ2n) is 5.49. The maximum Gasteiger partial charge on any atom is 0.133 e. The summed E-state index contributed by atoms with van der Waals surface area (Å²) in [6, 6.07) is 6.66. The molecule has 0 radical (unpaired) electrons. The van der Waals surface area contributed by atoms with E-state index < -0.39 is 0 Å². The molecule has 2 N–H and O–H groups in total. The zero-order chi connectivity index (χ0) is 13.2. The van der Waals surface area contributed by atoms with Crippen LogP contribution in [-0.4, -0.2) is 25.2 Å². The number of benzene rings is 1. The fraction of sp³-hybridized carbons (Fsp3) is 0.571. The summed E-state index contributed by atoms with van der Waals surface area (Å²) in [4.78, 5) is 0. The lowest BCUT2D eigenvalue weighted by Gasteiger charge is -2.37. The summed E-state index contributed by atoms with van der Waals surface area (Å²) < 4.78 is 6.23. The van der Waals surface area contributed by atoms with E-state index in [2.05, 4.69) is 52.5 Å². The summed E-state index contributed by atoms with van der Waals surface area (Å²) in [5, 5.41) is 7.14. The predicted octanol–water partition coefficient (Wildman–Crippen LogP) is 3.40. The SMILES string of the molecule is COc1ccc(NC2CCNC(C)(C)C2)cc1Br. The normalized spacial score (nSPS) is 22.6. The minimum Gasteiger partial charge on any atom is -0.496 e. The van der Waals surface area contributed by atoms with Crippen LogP contribution in [-0.2, 0) is 0 Å². The van der Waals surface area contributed by atoms with Crippen molar-refractivity contribution in [2.24, 2.45) is 0 Å². The van der Waals surface area contributed by atoms with Crippen LogP contribution in [0.15, 0.2) is 22.7 Å². The molecule has 18 heavy (non-hydrogen) atoms. The molecule has 1 fully saturated rings. The molecule has 1 aliphatic heterocycles. The fourth-order valence-corrected chi connectivity index (χ4v) is 3.03. The molecule has 1 heterocycles. The molecule has 100 valence electrons. The van der Waals surface area contributed by atoms with Gasteiger partial charge in [0.2, 0.25) is 0 Å². The first-order chi connectivity index (χ1) is 8.50. The van der Waals surface area contributed by atoms with Crippen molar-refractivity contribution in [2.45, 2.75) is 38.3 Å². The van der Waals surface area contributed by atoms with E-state index in [0.717, 1.165) is 35.3 Å². The molecule has 4 heteroatoms. The highest BCUT2D eigenvalue weighted by atomic mass is 79.9. The van der Waals surface area contributed by atoms with Gasteiger partial charge in [-0.15, -0.1) is 0 Å². The van der Waals surface area contributed by atoms with E-state index in [1.807, 2.05) is 6.07 Å². The van der Waals surface area contributed by atoms with Gasteiger partial charge >= 0.3 is 0 Å². The van der Waals surface area contributed by atoms with Gasteiger partial charge in [0.15, 0.2) is 0 Å². The number of methoxy groups -OCH3 is 1. The van der Waals surface area contributed by atoms with Crippen LogP contribution in [0.5, 0.6) is 5.75 Å². The second-order valence-corrected chi connectivity index (χ2v) is 6.35. The number of halogens is 1. The average Bonchev–Trinajstić information content (AvgIpc) is 2.28. The Morgan fingerprint density at radius 2 is 2.22 bits per heavy atom. The molecule has 1 unspecified atom stereocenters. The largest absolute Gasteiger partial charge is 0.496 e. The molecular formula is C14H21BrN2O.